The van der Waals surface area contributed by atoms with Crippen molar-refractivity contribution in [3.8, 4) is 11.4 Å². The van der Waals surface area contributed by atoms with Gasteiger partial charge in [-0.1, -0.05) is 15.9 Å². The third-order valence-electron chi connectivity index (χ3n) is 3.07. The van der Waals surface area contributed by atoms with Gasteiger partial charge in [0.2, 0.25) is 0 Å². The SMILES string of the molecule is CCn1c(-c2ccc(N)nc2)nc2cc(Br)ccc21. The predicted molar refractivity (Wildman–Crippen MR) is 80.8 cm³/mol. The summed E-state index contributed by atoms with van der Waals surface area (Å²) in [6.07, 6.45) is 1.76. The van der Waals surface area contributed by atoms with E-state index < -0.39 is 0 Å². The van der Waals surface area contributed by atoms with Crippen LogP contribution in [0.1, 0.15) is 6.92 Å². The number of aryl methyl sites for hydroxylation is 1. The Morgan fingerprint density at radius 3 is 2.79 bits per heavy atom. The first kappa shape index (κ1) is 12.2. The average molecular weight is 317 g/mol. The van der Waals surface area contributed by atoms with E-state index in [0.29, 0.717) is 5.82 Å². The smallest absolute Gasteiger partial charge is 0.142 e. The number of imidazole rings is 1. The third-order valence-corrected chi connectivity index (χ3v) is 3.56. The van der Waals surface area contributed by atoms with Gasteiger partial charge in [-0.25, -0.2) is 9.97 Å². The zero-order valence-corrected chi connectivity index (χ0v) is 12.1. The molecule has 0 unspecified atom stereocenters. The largest absolute Gasteiger partial charge is 0.384 e. The second-order valence-corrected chi connectivity index (χ2v) is 5.20. The van der Waals surface area contributed by atoms with Gasteiger partial charge in [-0.05, 0) is 37.3 Å². The van der Waals surface area contributed by atoms with Crippen LogP contribution in [0.4, 0.5) is 5.82 Å². The van der Waals surface area contributed by atoms with Crippen LogP contribution in [0.25, 0.3) is 22.4 Å². The van der Waals surface area contributed by atoms with Crippen molar-refractivity contribution < 1.29 is 0 Å². The fourth-order valence-corrected chi connectivity index (χ4v) is 2.53. The van der Waals surface area contributed by atoms with Crippen LogP contribution >= 0.6 is 15.9 Å². The van der Waals surface area contributed by atoms with E-state index in [1.54, 1.807) is 12.3 Å². The summed E-state index contributed by atoms with van der Waals surface area (Å²) in [4.78, 5) is 8.83. The normalized spacial score (nSPS) is 11.1. The number of hydrogen-bond donors (Lipinski definition) is 1. The molecular weight excluding hydrogens is 304 g/mol. The number of pyridine rings is 1. The minimum absolute atomic E-state index is 0.519. The van der Waals surface area contributed by atoms with E-state index in [2.05, 4.69) is 38.5 Å². The standard InChI is InChI=1S/C14H13BrN4/c1-2-19-12-5-4-10(15)7-11(12)18-14(19)9-3-6-13(16)17-8-9/h3-8H,2H2,1H3,(H2,16,17). The number of halogens is 1. The molecule has 0 fully saturated rings. The molecule has 19 heavy (non-hydrogen) atoms. The van der Waals surface area contributed by atoms with E-state index in [0.717, 1.165) is 33.4 Å². The van der Waals surface area contributed by atoms with Gasteiger partial charge < -0.3 is 10.3 Å². The van der Waals surface area contributed by atoms with Crippen molar-refractivity contribution in [1.82, 2.24) is 14.5 Å². The summed E-state index contributed by atoms with van der Waals surface area (Å²) in [5, 5.41) is 0. The lowest BCUT2D eigenvalue weighted by Gasteiger charge is -2.05. The Kier molecular flexibility index (Phi) is 2.98. The van der Waals surface area contributed by atoms with Crippen LogP contribution in [0, 0.1) is 0 Å². The summed E-state index contributed by atoms with van der Waals surface area (Å²) >= 11 is 3.48. The molecule has 2 heterocycles. The molecule has 0 bridgehead atoms. The summed E-state index contributed by atoms with van der Waals surface area (Å²) in [7, 11) is 0. The molecule has 0 aliphatic rings. The van der Waals surface area contributed by atoms with Crippen LogP contribution < -0.4 is 5.73 Å². The zero-order chi connectivity index (χ0) is 13.4. The Labute approximate surface area is 119 Å². The molecule has 3 aromatic rings. The molecule has 5 heteroatoms. The summed E-state index contributed by atoms with van der Waals surface area (Å²) in [5.41, 5.74) is 8.70. The van der Waals surface area contributed by atoms with Crippen molar-refractivity contribution in [3.63, 3.8) is 0 Å². The van der Waals surface area contributed by atoms with Crippen LogP contribution in [0.15, 0.2) is 41.0 Å². The van der Waals surface area contributed by atoms with Gasteiger partial charge in [-0.15, -0.1) is 0 Å². The zero-order valence-electron chi connectivity index (χ0n) is 10.5. The first-order valence-electron chi connectivity index (χ1n) is 6.06. The van der Waals surface area contributed by atoms with Crippen molar-refractivity contribution in [2.75, 3.05) is 5.73 Å². The van der Waals surface area contributed by atoms with Gasteiger partial charge >= 0.3 is 0 Å². The second kappa shape index (κ2) is 4.66. The molecule has 2 aromatic heterocycles. The fourth-order valence-electron chi connectivity index (χ4n) is 2.18. The summed E-state index contributed by atoms with van der Waals surface area (Å²) in [6.45, 7) is 2.97. The highest BCUT2D eigenvalue weighted by Crippen LogP contribution is 2.26. The van der Waals surface area contributed by atoms with Crippen LogP contribution in [-0.4, -0.2) is 14.5 Å². The highest BCUT2D eigenvalue weighted by Gasteiger charge is 2.11. The monoisotopic (exact) mass is 316 g/mol. The van der Waals surface area contributed by atoms with Crippen molar-refractivity contribution in [2.24, 2.45) is 0 Å². The number of nitrogens with two attached hydrogens (primary N) is 1. The van der Waals surface area contributed by atoms with Crippen molar-refractivity contribution in [2.45, 2.75) is 13.5 Å². The van der Waals surface area contributed by atoms with Crippen molar-refractivity contribution >= 4 is 32.8 Å². The van der Waals surface area contributed by atoms with Crippen molar-refractivity contribution in [3.05, 3.63) is 41.0 Å². The lowest BCUT2D eigenvalue weighted by atomic mass is 10.2. The van der Waals surface area contributed by atoms with Gasteiger partial charge in [0.25, 0.3) is 0 Å². The summed E-state index contributed by atoms with van der Waals surface area (Å²) in [6, 6.07) is 9.87. The van der Waals surface area contributed by atoms with E-state index in [9.17, 15) is 0 Å². The minimum atomic E-state index is 0.519. The molecule has 0 spiro atoms. The number of hydrogen-bond acceptors (Lipinski definition) is 3. The fraction of sp³-hybridized carbons (Fsp3) is 0.143. The highest BCUT2D eigenvalue weighted by molar-refractivity contribution is 9.10. The average Bonchev–Trinajstić information content (AvgIpc) is 2.77. The Hall–Kier alpha value is -1.88. The lowest BCUT2D eigenvalue weighted by Crippen LogP contribution is -1.98. The molecule has 96 valence electrons. The maximum atomic E-state index is 5.63. The number of rotatable bonds is 2. The molecule has 0 saturated carbocycles. The van der Waals surface area contributed by atoms with Crippen LogP contribution in [0.5, 0.6) is 0 Å². The van der Waals surface area contributed by atoms with E-state index in [1.165, 1.54) is 0 Å². The Bertz CT molecular complexity index is 731. The first-order chi connectivity index (χ1) is 9.19. The van der Waals surface area contributed by atoms with E-state index in [4.69, 9.17) is 10.7 Å². The molecule has 1 aromatic carbocycles. The lowest BCUT2D eigenvalue weighted by molar-refractivity contribution is 0.796. The number of nitrogen functional groups attached to an aromatic ring is 1. The van der Waals surface area contributed by atoms with Gasteiger partial charge in [0.15, 0.2) is 0 Å². The van der Waals surface area contributed by atoms with E-state index in [-0.39, 0.29) is 0 Å². The topological polar surface area (TPSA) is 56.7 Å². The Balaban J connectivity index is 2.25. The molecular formula is C14H13BrN4. The molecule has 0 atom stereocenters. The molecule has 4 nitrogen and oxygen atoms in total. The minimum Gasteiger partial charge on any atom is -0.384 e. The van der Waals surface area contributed by atoms with Gasteiger partial charge in [0.05, 0.1) is 11.0 Å². The maximum Gasteiger partial charge on any atom is 0.142 e. The van der Waals surface area contributed by atoms with Gasteiger partial charge in [0.1, 0.15) is 11.6 Å². The molecule has 0 aliphatic heterocycles. The van der Waals surface area contributed by atoms with Crippen LogP contribution in [0.2, 0.25) is 0 Å². The number of benzene rings is 1. The predicted octanol–water partition coefficient (Wildman–Crippen LogP) is 3.46. The number of aromatic nitrogens is 3. The quantitative estimate of drug-likeness (QED) is 0.787. The molecule has 0 aliphatic carbocycles. The third kappa shape index (κ3) is 2.10. The molecule has 0 saturated heterocycles. The molecule has 3 rings (SSSR count). The highest BCUT2D eigenvalue weighted by atomic mass is 79.9. The van der Waals surface area contributed by atoms with Crippen LogP contribution in [0.3, 0.4) is 0 Å². The second-order valence-electron chi connectivity index (χ2n) is 4.28. The number of anilines is 1. The van der Waals surface area contributed by atoms with Gasteiger partial charge in [-0.3, -0.25) is 0 Å². The summed E-state index contributed by atoms with van der Waals surface area (Å²) < 4.78 is 3.21. The van der Waals surface area contributed by atoms with E-state index >= 15 is 0 Å². The van der Waals surface area contributed by atoms with E-state index in [1.807, 2.05) is 18.2 Å². The number of nitrogens with zero attached hydrogens (tertiary/aromatic N) is 3. The van der Waals surface area contributed by atoms with Gasteiger partial charge in [-0.2, -0.15) is 0 Å². The molecule has 0 radical (unpaired) electrons. The molecule has 0 amide bonds. The van der Waals surface area contributed by atoms with Crippen LogP contribution in [-0.2, 0) is 6.54 Å². The molecule has 2 N–H and O–H groups in total. The van der Waals surface area contributed by atoms with Gasteiger partial charge in [0, 0.05) is 22.8 Å². The Morgan fingerprint density at radius 2 is 2.11 bits per heavy atom. The van der Waals surface area contributed by atoms with Crippen molar-refractivity contribution in [1.29, 1.82) is 0 Å². The first-order valence-corrected chi connectivity index (χ1v) is 6.86. The summed E-state index contributed by atoms with van der Waals surface area (Å²) in [5.74, 6) is 1.44. The Morgan fingerprint density at radius 1 is 1.26 bits per heavy atom. The maximum absolute atomic E-state index is 5.63. The number of fused-ring (bicyclic) bond motifs is 1.